The van der Waals surface area contributed by atoms with Gasteiger partial charge in [0, 0.05) is 22.7 Å². The minimum Gasteiger partial charge on any atom is -0.378 e. The van der Waals surface area contributed by atoms with Gasteiger partial charge in [-0.05, 0) is 55.5 Å². The molecule has 0 aliphatic carbocycles. The molecule has 0 saturated carbocycles. The molecular weight excluding hydrogens is 280 g/mol. The van der Waals surface area contributed by atoms with E-state index in [-0.39, 0.29) is 11.9 Å². The topological polar surface area (TPSA) is 41.1 Å². The van der Waals surface area contributed by atoms with Gasteiger partial charge in [-0.3, -0.25) is 4.79 Å². The van der Waals surface area contributed by atoms with Crippen LogP contribution in [0.1, 0.15) is 47.1 Å². The van der Waals surface area contributed by atoms with Crippen LogP contribution in [-0.4, -0.2) is 12.5 Å². The average molecular weight is 302 g/mol. The van der Waals surface area contributed by atoms with Crippen molar-refractivity contribution < 1.29 is 4.79 Å². The van der Waals surface area contributed by atoms with Gasteiger partial charge in [0.15, 0.2) is 0 Å². The lowest BCUT2D eigenvalue weighted by Gasteiger charge is -2.15. The van der Waals surface area contributed by atoms with E-state index >= 15 is 0 Å². The number of hydrogen-bond donors (Lipinski definition) is 2. The van der Waals surface area contributed by atoms with E-state index in [0.717, 1.165) is 12.1 Å². The van der Waals surface area contributed by atoms with Crippen molar-refractivity contribution in [3.63, 3.8) is 0 Å². The van der Waals surface area contributed by atoms with Gasteiger partial charge in [-0.25, -0.2) is 0 Å². The summed E-state index contributed by atoms with van der Waals surface area (Å²) in [6.45, 7) is 7.02. The summed E-state index contributed by atoms with van der Waals surface area (Å²) in [6.07, 6.45) is 0.943. The van der Waals surface area contributed by atoms with E-state index in [4.69, 9.17) is 0 Å². The smallest absolute Gasteiger partial charge is 0.251 e. The lowest BCUT2D eigenvalue weighted by atomic mass is 10.1. The molecule has 1 aromatic heterocycles. The first kappa shape index (κ1) is 15.6. The quantitative estimate of drug-likeness (QED) is 0.832. The van der Waals surface area contributed by atoms with Gasteiger partial charge in [0.25, 0.3) is 5.91 Å². The molecular formula is C17H22N2OS. The average Bonchev–Trinajstić information content (AvgIpc) is 2.91. The molecule has 4 heteroatoms. The molecule has 2 rings (SSSR count). The van der Waals surface area contributed by atoms with Gasteiger partial charge in [0.2, 0.25) is 0 Å². The van der Waals surface area contributed by atoms with Crippen molar-refractivity contribution in [3.05, 3.63) is 51.7 Å². The van der Waals surface area contributed by atoms with Gasteiger partial charge in [-0.2, -0.15) is 0 Å². The highest BCUT2D eigenvalue weighted by Gasteiger charge is 2.11. The van der Waals surface area contributed by atoms with E-state index in [1.807, 2.05) is 31.2 Å². The summed E-state index contributed by atoms with van der Waals surface area (Å²) < 4.78 is 0. The maximum absolute atomic E-state index is 12.0. The number of carbonyl (C=O) groups is 1. The van der Waals surface area contributed by atoms with E-state index < -0.39 is 0 Å². The van der Waals surface area contributed by atoms with Crippen LogP contribution < -0.4 is 10.6 Å². The number of anilines is 1. The summed E-state index contributed by atoms with van der Waals surface area (Å²) in [6, 6.07) is 10.0. The van der Waals surface area contributed by atoms with Gasteiger partial charge < -0.3 is 10.6 Å². The zero-order valence-corrected chi connectivity index (χ0v) is 13.6. The Labute approximate surface area is 130 Å². The lowest BCUT2D eigenvalue weighted by Crippen LogP contribution is -2.24. The van der Waals surface area contributed by atoms with Crippen LogP contribution in [0.4, 0.5) is 5.69 Å². The molecule has 0 radical (unpaired) electrons. The first-order valence-corrected chi connectivity index (χ1v) is 8.18. The maximum atomic E-state index is 12.0. The van der Waals surface area contributed by atoms with E-state index in [1.165, 1.54) is 10.4 Å². The van der Waals surface area contributed by atoms with E-state index in [2.05, 4.69) is 35.9 Å². The molecule has 0 spiro atoms. The monoisotopic (exact) mass is 302 g/mol. The van der Waals surface area contributed by atoms with Crippen LogP contribution in [0, 0.1) is 6.92 Å². The molecule has 0 fully saturated rings. The van der Waals surface area contributed by atoms with Crippen LogP contribution in [0.15, 0.2) is 35.7 Å². The fraction of sp³-hybridized carbons (Fsp3) is 0.353. The lowest BCUT2D eigenvalue weighted by molar-refractivity contribution is 0.0953. The first-order valence-electron chi connectivity index (χ1n) is 7.30. The minimum atomic E-state index is -0.0135. The Bertz CT molecular complexity index is 606. The third kappa shape index (κ3) is 4.08. The predicted octanol–water partition coefficient (Wildman–Crippen LogP) is 4.37. The Morgan fingerprint density at radius 2 is 2.14 bits per heavy atom. The largest absolute Gasteiger partial charge is 0.378 e. The maximum Gasteiger partial charge on any atom is 0.251 e. The van der Waals surface area contributed by atoms with Crippen LogP contribution in [-0.2, 0) is 0 Å². The molecule has 112 valence electrons. The molecule has 1 atom stereocenters. The predicted molar refractivity (Wildman–Crippen MR) is 90.2 cm³/mol. The first-order chi connectivity index (χ1) is 10.1. The fourth-order valence-corrected chi connectivity index (χ4v) is 3.17. The van der Waals surface area contributed by atoms with Gasteiger partial charge >= 0.3 is 0 Å². The highest BCUT2D eigenvalue weighted by molar-refractivity contribution is 7.10. The summed E-state index contributed by atoms with van der Waals surface area (Å²) in [4.78, 5) is 13.3. The van der Waals surface area contributed by atoms with Crippen molar-refractivity contribution in [3.8, 4) is 0 Å². The molecule has 1 amide bonds. The molecule has 21 heavy (non-hydrogen) atoms. The van der Waals surface area contributed by atoms with Gasteiger partial charge in [0.1, 0.15) is 0 Å². The molecule has 0 bridgehead atoms. The number of nitrogens with one attached hydrogen (secondary N) is 2. The Balaban J connectivity index is 2.07. The molecule has 0 aliphatic rings. The Kier molecular flexibility index (Phi) is 5.39. The van der Waals surface area contributed by atoms with E-state index in [0.29, 0.717) is 12.1 Å². The summed E-state index contributed by atoms with van der Waals surface area (Å²) >= 11 is 1.76. The van der Waals surface area contributed by atoms with Crippen molar-refractivity contribution in [2.45, 2.75) is 33.2 Å². The zero-order chi connectivity index (χ0) is 15.2. The van der Waals surface area contributed by atoms with Crippen LogP contribution >= 0.6 is 11.3 Å². The van der Waals surface area contributed by atoms with Gasteiger partial charge in [-0.15, -0.1) is 11.3 Å². The number of hydrogen-bond acceptors (Lipinski definition) is 3. The second kappa shape index (κ2) is 7.27. The van der Waals surface area contributed by atoms with Crippen LogP contribution in [0.5, 0.6) is 0 Å². The SMILES string of the molecule is CCCNC(=O)c1cccc(NC(C)c2sccc2C)c1. The third-order valence-corrected chi connectivity index (χ3v) is 4.54. The minimum absolute atomic E-state index is 0.0135. The molecule has 1 aromatic carbocycles. The van der Waals surface area contributed by atoms with Gasteiger partial charge in [-0.1, -0.05) is 13.0 Å². The fourth-order valence-electron chi connectivity index (χ4n) is 2.23. The summed E-state index contributed by atoms with van der Waals surface area (Å²) in [5.74, 6) is -0.0135. The van der Waals surface area contributed by atoms with E-state index in [1.54, 1.807) is 11.3 Å². The van der Waals surface area contributed by atoms with Crippen molar-refractivity contribution in [2.24, 2.45) is 0 Å². The summed E-state index contributed by atoms with van der Waals surface area (Å²) in [7, 11) is 0. The van der Waals surface area contributed by atoms with Crippen LogP contribution in [0.25, 0.3) is 0 Å². The molecule has 2 N–H and O–H groups in total. The second-order valence-electron chi connectivity index (χ2n) is 5.17. The number of benzene rings is 1. The van der Waals surface area contributed by atoms with Crippen molar-refractivity contribution in [1.29, 1.82) is 0 Å². The molecule has 3 nitrogen and oxygen atoms in total. The molecule has 0 saturated heterocycles. The Hall–Kier alpha value is -1.81. The second-order valence-corrected chi connectivity index (χ2v) is 6.12. The van der Waals surface area contributed by atoms with Crippen LogP contribution in [0.3, 0.4) is 0 Å². The van der Waals surface area contributed by atoms with Crippen molar-refractivity contribution in [1.82, 2.24) is 5.32 Å². The molecule has 1 heterocycles. The molecule has 1 unspecified atom stereocenters. The number of rotatable bonds is 6. The normalized spacial score (nSPS) is 12.0. The van der Waals surface area contributed by atoms with Crippen molar-refractivity contribution in [2.75, 3.05) is 11.9 Å². The number of amides is 1. The summed E-state index contributed by atoms with van der Waals surface area (Å²) in [5.41, 5.74) is 2.97. The van der Waals surface area contributed by atoms with Crippen molar-refractivity contribution >= 4 is 22.9 Å². The Morgan fingerprint density at radius 1 is 1.33 bits per heavy atom. The number of thiophene rings is 1. The van der Waals surface area contributed by atoms with E-state index in [9.17, 15) is 4.79 Å². The highest BCUT2D eigenvalue weighted by Crippen LogP contribution is 2.27. The van der Waals surface area contributed by atoms with Crippen LogP contribution in [0.2, 0.25) is 0 Å². The standard InChI is InChI=1S/C17H22N2OS/c1-4-9-18-17(20)14-6-5-7-15(11-14)19-13(3)16-12(2)8-10-21-16/h5-8,10-11,13,19H,4,9H2,1-3H3,(H,18,20). The van der Waals surface area contributed by atoms with Gasteiger partial charge in [0.05, 0.1) is 6.04 Å². The highest BCUT2D eigenvalue weighted by atomic mass is 32.1. The number of aryl methyl sites for hydroxylation is 1. The number of carbonyl (C=O) groups excluding carboxylic acids is 1. The third-order valence-electron chi connectivity index (χ3n) is 3.34. The Morgan fingerprint density at radius 3 is 2.81 bits per heavy atom. The summed E-state index contributed by atoms with van der Waals surface area (Å²) in [5, 5.41) is 8.48. The molecule has 0 aliphatic heterocycles. The zero-order valence-electron chi connectivity index (χ0n) is 12.8. The molecule has 2 aromatic rings.